The van der Waals surface area contributed by atoms with Crippen molar-refractivity contribution < 1.29 is 39.5 Å². The molecule has 6 atom stereocenters. The summed E-state index contributed by atoms with van der Waals surface area (Å²) < 4.78 is 11.4. The van der Waals surface area contributed by atoms with Crippen LogP contribution in [-0.4, -0.2) is 69.1 Å². The third-order valence-electron chi connectivity index (χ3n) is 6.09. The van der Waals surface area contributed by atoms with Crippen LogP contribution in [0.5, 0.6) is 5.75 Å². The van der Waals surface area contributed by atoms with Gasteiger partial charge in [0.2, 0.25) is 0 Å². The van der Waals surface area contributed by atoms with Crippen molar-refractivity contribution >= 4 is 11.6 Å². The fraction of sp³-hybridized carbons (Fsp3) is 0.545. The minimum atomic E-state index is -1.48. The Labute approximate surface area is 173 Å². The number of allylic oxidation sites excluding steroid dienone is 1. The van der Waals surface area contributed by atoms with E-state index in [1.54, 1.807) is 6.07 Å². The number of aliphatic hydroxyl groups is 3. The molecule has 0 bridgehead atoms. The molecule has 1 aromatic carbocycles. The number of benzene rings is 1. The monoisotopic (exact) mass is 418 g/mol. The molecule has 0 aromatic heterocycles. The molecular formula is C22H26O8. The van der Waals surface area contributed by atoms with E-state index >= 15 is 0 Å². The van der Waals surface area contributed by atoms with E-state index in [1.807, 2.05) is 13.8 Å². The van der Waals surface area contributed by atoms with Crippen molar-refractivity contribution in [2.75, 3.05) is 6.61 Å². The maximum absolute atomic E-state index is 13.3. The maximum Gasteiger partial charge on any atom is 0.196 e. The van der Waals surface area contributed by atoms with E-state index in [0.29, 0.717) is 18.4 Å². The predicted molar refractivity (Wildman–Crippen MR) is 105 cm³/mol. The largest absolute Gasteiger partial charge is 0.507 e. The molecule has 2 heterocycles. The number of hydrogen-bond donors (Lipinski definition) is 4. The van der Waals surface area contributed by atoms with Gasteiger partial charge in [-0.1, -0.05) is 13.3 Å². The minimum absolute atomic E-state index is 0.0778. The smallest absolute Gasteiger partial charge is 0.196 e. The zero-order chi connectivity index (χ0) is 21.7. The van der Waals surface area contributed by atoms with E-state index in [-0.39, 0.29) is 34.7 Å². The zero-order valence-corrected chi connectivity index (χ0v) is 16.9. The summed E-state index contributed by atoms with van der Waals surface area (Å²) in [5, 5.41) is 40.7. The number of Topliss-reactive ketones (excluding diaryl/α,β-unsaturated/α-hetero) is 1. The Balaban J connectivity index is 1.79. The highest BCUT2D eigenvalue weighted by atomic mass is 16.6. The molecule has 0 saturated carbocycles. The summed E-state index contributed by atoms with van der Waals surface area (Å²) in [5.41, 5.74) is 1.14. The lowest BCUT2D eigenvalue weighted by atomic mass is 9.80. The number of hydrogen-bond acceptors (Lipinski definition) is 8. The number of phenols is 1. The average Bonchev–Trinajstić information content (AvgIpc) is 2.98. The molecule has 6 unspecified atom stereocenters. The number of rotatable bonds is 4. The minimum Gasteiger partial charge on any atom is -0.507 e. The van der Waals surface area contributed by atoms with Crippen LogP contribution in [0, 0.1) is 0 Å². The standard InChI is InChI=1S/C22H26O8/c1-3-4-14-16-10(5-9(2)29-14)6-11-13(24)7-12(18(25)17(11)20(16)27)22-21(28)19(26)15(8-23)30-22/h6-7,9,14-15,19,21-23,26-28H,3-5,8H2,1-2H3. The van der Waals surface area contributed by atoms with Crippen LogP contribution in [0.25, 0.3) is 0 Å². The number of carbonyl (C=O) groups is 2. The molecule has 4 rings (SSSR count). The number of phenolic OH excluding ortho intramolecular Hbond substituents is 1. The van der Waals surface area contributed by atoms with Crippen molar-refractivity contribution in [3.8, 4) is 5.75 Å². The van der Waals surface area contributed by atoms with Crippen molar-refractivity contribution in [3.63, 3.8) is 0 Å². The molecule has 4 N–H and O–H groups in total. The molecule has 0 amide bonds. The average molecular weight is 418 g/mol. The number of fused-ring (bicyclic) bond motifs is 2. The van der Waals surface area contributed by atoms with Crippen molar-refractivity contribution in [1.82, 2.24) is 0 Å². The molecule has 8 heteroatoms. The van der Waals surface area contributed by atoms with Gasteiger partial charge in [0.05, 0.1) is 24.4 Å². The molecule has 8 nitrogen and oxygen atoms in total. The van der Waals surface area contributed by atoms with Crippen LogP contribution in [0.15, 0.2) is 17.7 Å². The lowest BCUT2D eigenvalue weighted by molar-refractivity contribution is -0.0214. The van der Waals surface area contributed by atoms with Gasteiger partial charge in [0.25, 0.3) is 0 Å². The second-order valence-corrected chi connectivity index (χ2v) is 8.20. The molecule has 30 heavy (non-hydrogen) atoms. The third-order valence-corrected chi connectivity index (χ3v) is 6.09. The van der Waals surface area contributed by atoms with Crippen molar-refractivity contribution in [2.45, 2.75) is 69.7 Å². The molecule has 1 saturated heterocycles. The maximum atomic E-state index is 13.3. The molecule has 0 radical (unpaired) electrons. The first-order chi connectivity index (χ1) is 14.3. The van der Waals surface area contributed by atoms with Gasteiger partial charge in [-0.2, -0.15) is 0 Å². The van der Waals surface area contributed by atoms with Crippen LogP contribution in [0.2, 0.25) is 0 Å². The van der Waals surface area contributed by atoms with Gasteiger partial charge in [0.1, 0.15) is 30.2 Å². The van der Waals surface area contributed by atoms with Crippen LogP contribution >= 0.6 is 0 Å². The van der Waals surface area contributed by atoms with Gasteiger partial charge in [-0.25, -0.2) is 0 Å². The molecule has 162 valence electrons. The summed E-state index contributed by atoms with van der Waals surface area (Å²) in [4.78, 5) is 26.1. The lowest BCUT2D eigenvalue weighted by Gasteiger charge is -2.33. The number of ether oxygens (including phenoxy) is 2. The van der Waals surface area contributed by atoms with Crippen LogP contribution in [0.1, 0.15) is 64.6 Å². The molecule has 0 spiro atoms. The first-order valence-electron chi connectivity index (χ1n) is 10.3. The van der Waals surface area contributed by atoms with Crippen LogP contribution in [0.4, 0.5) is 0 Å². The Morgan fingerprint density at radius 2 is 1.90 bits per heavy atom. The van der Waals surface area contributed by atoms with Crippen LogP contribution in [-0.2, 0) is 15.9 Å². The molecule has 1 fully saturated rings. The normalized spacial score (nSPS) is 33.3. The number of aliphatic hydroxyl groups excluding tert-OH is 3. The topological polar surface area (TPSA) is 134 Å². The predicted octanol–water partition coefficient (Wildman–Crippen LogP) is 0.981. The summed E-state index contributed by atoms with van der Waals surface area (Å²) in [5.74, 6) is -1.40. The second kappa shape index (κ2) is 7.86. The van der Waals surface area contributed by atoms with Crippen LogP contribution in [0.3, 0.4) is 0 Å². The van der Waals surface area contributed by atoms with Gasteiger partial charge >= 0.3 is 0 Å². The lowest BCUT2D eigenvalue weighted by Crippen LogP contribution is -2.37. The van der Waals surface area contributed by atoms with E-state index in [0.717, 1.165) is 18.1 Å². The van der Waals surface area contributed by atoms with Crippen molar-refractivity contribution in [3.05, 3.63) is 40.0 Å². The number of carbonyl (C=O) groups excluding carboxylic acids is 2. The summed E-state index contributed by atoms with van der Waals surface area (Å²) >= 11 is 0. The molecule has 1 aliphatic carbocycles. The Bertz CT molecular complexity index is 920. The van der Waals surface area contributed by atoms with Crippen LogP contribution < -0.4 is 0 Å². The van der Waals surface area contributed by atoms with E-state index in [2.05, 4.69) is 0 Å². The van der Waals surface area contributed by atoms with Gasteiger partial charge in [-0.3, -0.25) is 9.59 Å². The Morgan fingerprint density at radius 3 is 2.53 bits per heavy atom. The highest BCUT2D eigenvalue weighted by molar-refractivity contribution is 6.26. The van der Waals surface area contributed by atoms with Gasteiger partial charge < -0.3 is 29.9 Å². The first kappa shape index (κ1) is 21.1. The summed E-state index contributed by atoms with van der Waals surface area (Å²) in [6, 6.07) is 1.65. The summed E-state index contributed by atoms with van der Waals surface area (Å²) in [7, 11) is 0. The van der Waals surface area contributed by atoms with Gasteiger partial charge in [0.15, 0.2) is 11.6 Å². The van der Waals surface area contributed by atoms with Crippen molar-refractivity contribution in [1.29, 1.82) is 0 Å². The molecular weight excluding hydrogens is 392 g/mol. The summed E-state index contributed by atoms with van der Waals surface area (Å²) in [6.07, 6.45) is -2.62. The Kier molecular flexibility index (Phi) is 5.54. The molecule has 2 aliphatic heterocycles. The highest BCUT2D eigenvalue weighted by Crippen LogP contribution is 2.44. The first-order valence-corrected chi connectivity index (χ1v) is 10.3. The molecule has 1 aromatic rings. The highest BCUT2D eigenvalue weighted by Gasteiger charge is 2.48. The van der Waals surface area contributed by atoms with E-state index in [9.17, 15) is 30.0 Å². The fourth-order valence-corrected chi connectivity index (χ4v) is 4.67. The quantitative estimate of drug-likeness (QED) is 0.569. The zero-order valence-electron chi connectivity index (χ0n) is 16.9. The van der Waals surface area contributed by atoms with Gasteiger partial charge in [-0.05, 0) is 37.5 Å². The third kappa shape index (κ3) is 3.19. The van der Waals surface area contributed by atoms with E-state index < -0.39 is 42.6 Å². The SMILES string of the molecule is CCCC1OC(C)Cc2cc3c(c(O)c21)C(=O)C(C1OC(CO)C(O)C1O)=CC3=O. The van der Waals surface area contributed by atoms with Gasteiger partial charge in [-0.15, -0.1) is 0 Å². The van der Waals surface area contributed by atoms with E-state index in [4.69, 9.17) is 9.47 Å². The number of aromatic hydroxyl groups is 1. The van der Waals surface area contributed by atoms with E-state index in [1.165, 1.54) is 0 Å². The number of ketones is 2. The summed E-state index contributed by atoms with van der Waals surface area (Å²) in [6.45, 7) is 3.37. The Morgan fingerprint density at radius 1 is 1.17 bits per heavy atom. The van der Waals surface area contributed by atoms with Gasteiger partial charge in [0, 0.05) is 16.7 Å². The Hall–Kier alpha value is -2.10. The molecule has 3 aliphatic rings. The second-order valence-electron chi connectivity index (χ2n) is 8.20. The fourth-order valence-electron chi connectivity index (χ4n) is 4.67. The van der Waals surface area contributed by atoms with Crippen molar-refractivity contribution in [2.24, 2.45) is 0 Å².